The van der Waals surface area contributed by atoms with E-state index in [1.807, 2.05) is 0 Å². The van der Waals surface area contributed by atoms with Gasteiger partial charge < -0.3 is 101 Å². The largest absolute Gasteiger partial charge is 0.477 e. The molecule has 0 bridgehead atoms. The molecule has 0 saturated carbocycles. The van der Waals surface area contributed by atoms with Crippen LogP contribution in [-0.4, -0.2) is 213 Å². The number of hydrogen-bond donors (Lipinski definition) is 15. The molecule has 24 heteroatoms. The van der Waals surface area contributed by atoms with Crippen LogP contribution >= 0.6 is 0 Å². The molecular weight excluding hydrogens is 716 g/mol. The third-order valence-electron chi connectivity index (χ3n) is 8.84. The zero-order valence-corrected chi connectivity index (χ0v) is 27.7. The van der Waals surface area contributed by atoms with E-state index in [1.165, 1.54) is 0 Å². The highest BCUT2D eigenvalue weighted by molar-refractivity contribution is 5.77. The molecule has 2 amide bonds. The molecule has 3 aliphatic heterocycles. The van der Waals surface area contributed by atoms with Crippen molar-refractivity contribution >= 4 is 23.8 Å². The second-order valence-corrected chi connectivity index (χ2v) is 12.7. The smallest absolute Gasteiger partial charge is 0.364 e. The third-order valence-corrected chi connectivity index (χ3v) is 8.84. The quantitative estimate of drug-likeness (QED) is 0.0736. The summed E-state index contributed by atoms with van der Waals surface area (Å²) in [5, 5.41) is 139. The van der Waals surface area contributed by atoms with E-state index < -0.39 is 160 Å². The zero-order valence-electron chi connectivity index (χ0n) is 27.7. The Bertz CT molecular complexity index is 1260. The number of carboxylic acid groups (broad SMARTS) is 2. The van der Waals surface area contributed by atoms with Crippen molar-refractivity contribution in [3.05, 3.63) is 0 Å². The van der Waals surface area contributed by atoms with Crippen molar-refractivity contribution in [1.29, 1.82) is 0 Å². The molecule has 3 aliphatic rings. The topological polar surface area (TPSA) is 401 Å². The first kappa shape index (κ1) is 43.6. The summed E-state index contributed by atoms with van der Waals surface area (Å²) < 4.78 is 27.0. The lowest BCUT2D eigenvalue weighted by atomic mass is 9.88. The van der Waals surface area contributed by atoms with E-state index in [-0.39, 0.29) is 0 Å². The van der Waals surface area contributed by atoms with Gasteiger partial charge in [-0.25, -0.2) is 9.59 Å². The minimum Gasteiger partial charge on any atom is -0.477 e. The summed E-state index contributed by atoms with van der Waals surface area (Å²) in [4.78, 5) is 48.7. The summed E-state index contributed by atoms with van der Waals surface area (Å²) in [6.45, 7) is -1.27. The lowest BCUT2D eigenvalue weighted by Gasteiger charge is -2.50. The molecule has 3 saturated heterocycles. The Morgan fingerprint density at radius 3 is 1.56 bits per heavy atom. The number of carbonyl (C=O) groups excluding carboxylic acids is 2. The summed E-state index contributed by atoms with van der Waals surface area (Å²) in [7, 11) is 0. The number of rotatable bonds is 15. The van der Waals surface area contributed by atoms with Crippen LogP contribution in [0.1, 0.15) is 26.7 Å². The predicted octanol–water partition coefficient (Wildman–Crippen LogP) is -8.87. The molecule has 52 heavy (non-hydrogen) atoms. The third kappa shape index (κ3) is 9.30. The van der Waals surface area contributed by atoms with Gasteiger partial charge in [0.1, 0.15) is 61.0 Å². The fraction of sp³-hybridized carbons (Fsp3) is 0.857. The Labute approximate surface area is 293 Å². The molecule has 3 fully saturated rings. The summed E-state index contributed by atoms with van der Waals surface area (Å²) in [6, 6.07) is -3.16. The molecule has 300 valence electrons. The van der Waals surface area contributed by atoms with Gasteiger partial charge in [0.05, 0.1) is 44.1 Å². The monoisotopic (exact) mass is 762 g/mol. The molecule has 0 aliphatic carbocycles. The molecule has 15 N–H and O–H groups in total. The highest BCUT2D eigenvalue weighted by Gasteiger charge is 2.60. The number of carboxylic acids is 2. The van der Waals surface area contributed by atoms with Gasteiger partial charge in [-0.1, -0.05) is 0 Å². The Hall–Kier alpha value is -2.76. The minimum atomic E-state index is -3.13. The Morgan fingerprint density at radius 1 is 0.731 bits per heavy atom. The lowest BCUT2D eigenvalue weighted by Crippen LogP contribution is -2.70. The molecule has 0 aromatic rings. The zero-order chi connectivity index (χ0) is 39.5. The lowest BCUT2D eigenvalue weighted by molar-refractivity contribution is -0.372. The van der Waals surface area contributed by atoms with E-state index >= 15 is 0 Å². The molecule has 0 aromatic carbocycles. The van der Waals surface area contributed by atoms with Gasteiger partial charge in [0, 0.05) is 26.7 Å². The van der Waals surface area contributed by atoms with E-state index in [0.29, 0.717) is 0 Å². The number of carbonyl (C=O) groups is 4. The van der Waals surface area contributed by atoms with Crippen molar-refractivity contribution in [2.75, 3.05) is 19.8 Å². The van der Waals surface area contributed by atoms with E-state index in [2.05, 4.69) is 10.6 Å². The maximum atomic E-state index is 12.6. The second kappa shape index (κ2) is 17.6. The summed E-state index contributed by atoms with van der Waals surface area (Å²) in [5.41, 5.74) is 0. The fourth-order valence-corrected chi connectivity index (χ4v) is 6.16. The van der Waals surface area contributed by atoms with Crippen LogP contribution in [0.2, 0.25) is 0 Å². The highest BCUT2D eigenvalue weighted by Crippen LogP contribution is 2.38. The molecule has 17 atom stereocenters. The molecule has 1 unspecified atom stereocenters. The minimum absolute atomic E-state index is 0.769. The van der Waals surface area contributed by atoms with Crippen LogP contribution in [0.5, 0.6) is 0 Å². The van der Waals surface area contributed by atoms with E-state index in [9.17, 15) is 85.6 Å². The van der Waals surface area contributed by atoms with Gasteiger partial charge in [-0.05, 0) is 0 Å². The fourth-order valence-electron chi connectivity index (χ4n) is 6.16. The van der Waals surface area contributed by atoms with E-state index in [4.69, 9.17) is 23.7 Å². The van der Waals surface area contributed by atoms with Crippen LogP contribution in [0.3, 0.4) is 0 Å². The molecule has 3 rings (SSSR count). The Balaban J connectivity index is 1.92. The number of aliphatic carboxylic acids is 2. The van der Waals surface area contributed by atoms with Crippen LogP contribution in [0.4, 0.5) is 0 Å². The average molecular weight is 763 g/mol. The van der Waals surface area contributed by atoms with Gasteiger partial charge in [-0.3, -0.25) is 9.59 Å². The van der Waals surface area contributed by atoms with Gasteiger partial charge in [0.25, 0.3) is 11.6 Å². The predicted molar refractivity (Wildman–Crippen MR) is 159 cm³/mol. The first-order chi connectivity index (χ1) is 24.1. The summed E-state index contributed by atoms with van der Waals surface area (Å²) >= 11 is 0. The first-order valence-electron chi connectivity index (χ1n) is 15.8. The van der Waals surface area contributed by atoms with Crippen LogP contribution in [0.15, 0.2) is 0 Å². The van der Waals surface area contributed by atoms with Gasteiger partial charge in [-0.2, -0.15) is 0 Å². The van der Waals surface area contributed by atoms with Crippen molar-refractivity contribution in [3.8, 4) is 0 Å². The first-order valence-corrected chi connectivity index (χ1v) is 15.8. The van der Waals surface area contributed by atoms with Crippen LogP contribution in [-0.2, 0) is 42.9 Å². The number of nitrogens with one attached hydrogen (secondary N) is 2. The maximum absolute atomic E-state index is 12.6. The molecule has 0 radical (unpaired) electrons. The molecular formula is C28H46N2O22. The molecule has 3 heterocycles. The molecule has 24 nitrogen and oxygen atoms in total. The standard InChI is InChI=1S/C28H46N2O22/c1-8(33)29-15-10(35)3-27(25(44)45,50-21(15)17(39)12(37)5-31)48-7-14-19(41)23(20(42)24(43)49-14)52-28(26(46)47)4-11(36)16(30-9(2)34)22(51-28)18(40)13(38)6-32/h10-24,31-32,35-43H,3-7H2,1-2H3,(H,29,33)(H,30,34)(H,44,45)(H,46,47)/t10-,11-,12+,13+,14+,15+,16+,17+,18+,19-,20+,21+,22+,23-,24?,27+,28-/m0/s1. The summed E-state index contributed by atoms with van der Waals surface area (Å²) in [6.07, 6.45) is -29.2. The van der Waals surface area contributed by atoms with Crippen LogP contribution in [0.25, 0.3) is 0 Å². The number of hydrogen-bond acceptors (Lipinski definition) is 20. The van der Waals surface area contributed by atoms with Crippen LogP contribution in [0, 0.1) is 0 Å². The molecule has 0 aromatic heterocycles. The second-order valence-electron chi connectivity index (χ2n) is 12.7. The number of aliphatic hydroxyl groups is 11. The van der Waals surface area contributed by atoms with Crippen LogP contribution < -0.4 is 10.6 Å². The average Bonchev–Trinajstić information content (AvgIpc) is 3.07. The van der Waals surface area contributed by atoms with E-state index in [0.717, 1.165) is 13.8 Å². The van der Waals surface area contributed by atoms with Gasteiger partial charge in [0.15, 0.2) is 6.29 Å². The van der Waals surface area contributed by atoms with Crippen molar-refractivity contribution in [1.82, 2.24) is 10.6 Å². The van der Waals surface area contributed by atoms with Crippen molar-refractivity contribution < 1.29 is 109 Å². The number of aliphatic hydroxyl groups excluding tert-OH is 11. The van der Waals surface area contributed by atoms with Crippen molar-refractivity contribution in [2.45, 2.75) is 130 Å². The van der Waals surface area contributed by atoms with Gasteiger partial charge in [0.2, 0.25) is 11.8 Å². The Morgan fingerprint density at radius 2 is 1.15 bits per heavy atom. The van der Waals surface area contributed by atoms with Crippen molar-refractivity contribution in [3.63, 3.8) is 0 Å². The van der Waals surface area contributed by atoms with Gasteiger partial charge in [-0.15, -0.1) is 0 Å². The molecule has 0 spiro atoms. The van der Waals surface area contributed by atoms with Crippen molar-refractivity contribution in [2.24, 2.45) is 0 Å². The van der Waals surface area contributed by atoms with E-state index in [1.54, 1.807) is 0 Å². The normalized spacial score (nSPS) is 40.5. The maximum Gasteiger partial charge on any atom is 0.364 e. The summed E-state index contributed by atoms with van der Waals surface area (Å²) in [5.74, 6) is -11.6. The highest BCUT2D eigenvalue weighted by atomic mass is 16.8. The SMILES string of the molecule is CC(=O)N[C@H]1[C@H]([C@H](O)[C@H](O)CO)O[C@@](O[C@H]2[C@@H](O)[C@@H](CO[C@]3(C(=O)O)C[C@H](O)[C@@H](NC(C)=O)[C@H]([C@H](O)[C@H](O)CO)O3)OC(O)[C@@H]2O)(C(=O)O)C[C@@H]1O. The number of ether oxygens (including phenoxy) is 5. The number of amides is 2. The Kier molecular flexibility index (Phi) is 14.8. The van der Waals surface area contributed by atoms with Gasteiger partial charge >= 0.3 is 11.9 Å².